The van der Waals surface area contributed by atoms with Gasteiger partial charge in [-0.15, -0.1) is 0 Å². The Morgan fingerprint density at radius 2 is 2.24 bits per heavy atom. The molecule has 1 aromatic heterocycles. The molecule has 0 spiro atoms. The molecule has 5 nitrogen and oxygen atoms in total. The van der Waals surface area contributed by atoms with Crippen LogP contribution in [-0.4, -0.2) is 19.9 Å². The average Bonchev–Trinajstić information content (AvgIpc) is 2.82. The summed E-state index contributed by atoms with van der Waals surface area (Å²) in [5.41, 5.74) is 1.33. The molecule has 8 heteroatoms. The predicted molar refractivity (Wildman–Crippen MR) is 79.5 cm³/mol. The third kappa shape index (κ3) is 2.92. The molecule has 2 N–H and O–H groups in total. The summed E-state index contributed by atoms with van der Waals surface area (Å²) in [5, 5.41) is 3.53. The van der Waals surface area contributed by atoms with Crippen LogP contribution in [-0.2, 0) is 23.0 Å². The largest absolute Gasteiger partial charge is 0.311 e. The van der Waals surface area contributed by atoms with Crippen LogP contribution in [0.1, 0.15) is 16.1 Å². The highest BCUT2D eigenvalue weighted by Crippen LogP contribution is 2.27. The van der Waals surface area contributed by atoms with E-state index >= 15 is 0 Å². The number of halogens is 1. The monoisotopic (exact) mass is 327 g/mol. The zero-order chi connectivity index (χ0) is 15.0. The Morgan fingerprint density at radius 3 is 2.95 bits per heavy atom. The van der Waals surface area contributed by atoms with Gasteiger partial charge in [0.15, 0.2) is 5.13 Å². The van der Waals surface area contributed by atoms with Gasteiger partial charge >= 0.3 is 0 Å². The number of sulfonamides is 1. The maximum Gasteiger partial charge on any atom is 0.263 e. The first-order valence-electron chi connectivity index (χ1n) is 6.44. The highest BCUT2D eigenvalue weighted by atomic mass is 32.2. The minimum absolute atomic E-state index is 0.100. The predicted octanol–water partition coefficient (Wildman–Crippen LogP) is 2.04. The lowest BCUT2D eigenvalue weighted by Crippen LogP contribution is -2.22. The number of aryl methyl sites for hydroxylation is 1. The van der Waals surface area contributed by atoms with Crippen LogP contribution in [0.2, 0.25) is 0 Å². The van der Waals surface area contributed by atoms with Crippen molar-refractivity contribution in [1.29, 1.82) is 0 Å². The molecule has 21 heavy (non-hydrogen) atoms. The molecule has 2 aromatic rings. The number of aromatic nitrogens is 1. The standard InChI is InChI=1S/C13H14FN3O2S2/c1-8-2-3-9(6-10(8)14)21(18,19)17-13-16-11-4-5-15-7-12(11)20-13/h2-3,6,15H,4-5,7H2,1H3,(H,16,17). The van der Waals surface area contributed by atoms with Crippen LogP contribution in [0.4, 0.5) is 9.52 Å². The third-order valence-electron chi connectivity index (χ3n) is 3.28. The maximum atomic E-state index is 13.5. The van der Waals surface area contributed by atoms with Gasteiger partial charge in [-0.3, -0.25) is 4.72 Å². The lowest BCUT2D eigenvalue weighted by Gasteiger charge is -2.09. The Kier molecular flexibility index (Phi) is 3.68. The number of nitrogens with one attached hydrogen (secondary N) is 2. The molecule has 2 heterocycles. The lowest BCUT2D eigenvalue weighted by molar-refractivity contribution is 0.593. The maximum absolute atomic E-state index is 13.5. The smallest absolute Gasteiger partial charge is 0.263 e. The van der Waals surface area contributed by atoms with Gasteiger partial charge in [0, 0.05) is 24.4 Å². The summed E-state index contributed by atoms with van der Waals surface area (Å²) in [6.45, 7) is 3.13. The molecule has 1 aromatic carbocycles. The molecule has 0 saturated carbocycles. The van der Waals surface area contributed by atoms with Crippen molar-refractivity contribution >= 4 is 26.5 Å². The SMILES string of the molecule is Cc1ccc(S(=O)(=O)Nc2nc3c(s2)CNCC3)cc1F. The molecule has 0 amide bonds. The van der Waals surface area contributed by atoms with E-state index in [0.717, 1.165) is 29.6 Å². The van der Waals surface area contributed by atoms with Gasteiger partial charge in [-0.2, -0.15) is 0 Å². The minimum atomic E-state index is -3.81. The van der Waals surface area contributed by atoms with Crippen molar-refractivity contribution in [3.05, 3.63) is 40.2 Å². The number of nitrogens with zero attached hydrogens (tertiary/aromatic N) is 1. The Balaban J connectivity index is 1.88. The molecular weight excluding hydrogens is 313 g/mol. The van der Waals surface area contributed by atoms with E-state index in [9.17, 15) is 12.8 Å². The fourth-order valence-corrected chi connectivity index (χ4v) is 4.31. The average molecular weight is 327 g/mol. The molecule has 1 aliphatic heterocycles. The summed E-state index contributed by atoms with van der Waals surface area (Å²) >= 11 is 1.31. The van der Waals surface area contributed by atoms with Gasteiger partial charge in [-0.05, 0) is 24.6 Å². The van der Waals surface area contributed by atoms with Crippen molar-refractivity contribution < 1.29 is 12.8 Å². The van der Waals surface area contributed by atoms with Gasteiger partial charge in [0.2, 0.25) is 0 Å². The van der Waals surface area contributed by atoms with Crippen LogP contribution in [0.3, 0.4) is 0 Å². The highest BCUT2D eigenvalue weighted by Gasteiger charge is 2.20. The number of hydrogen-bond donors (Lipinski definition) is 2. The molecule has 0 unspecified atom stereocenters. The Hall–Kier alpha value is -1.51. The van der Waals surface area contributed by atoms with Crippen molar-refractivity contribution in [2.45, 2.75) is 24.8 Å². The summed E-state index contributed by atoms with van der Waals surface area (Å²) in [7, 11) is -3.81. The lowest BCUT2D eigenvalue weighted by atomic mass is 10.2. The molecule has 1 aliphatic rings. The highest BCUT2D eigenvalue weighted by molar-refractivity contribution is 7.93. The molecule has 0 fully saturated rings. The third-order valence-corrected chi connectivity index (χ3v) is 5.76. The first kappa shape index (κ1) is 14.4. The molecule has 112 valence electrons. The number of benzene rings is 1. The van der Waals surface area contributed by atoms with Crippen LogP contribution in [0, 0.1) is 12.7 Å². The van der Waals surface area contributed by atoms with E-state index in [-0.39, 0.29) is 4.90 Å². The molecule has 0 atom stereocenters. The first-order chi connectivity index (χ1) is 9.95. The van der Waals surface area contributed by atoms with Gasteiger partial charge in [0.05, 0.1) is 10.6 Å². The fourth-order valence-electron chi connectivity index (χ4n) is 2.08. The second-order valence-corrected chi connectivity index (χ2v) is 7.60. The Morgan fingerprint density at radius 1 is 1.43 bits per heavy atom. The number of fused-ring (bicyclic) bond motifs is 1. The van der Waals surface area contributed by atoms with E-state index < -0.39 is 15.8 Å². The molecular formula is C13H14FN3O2S2. The van der Waals surface area contributed by atoms with Gasteiger partial charge in [0.25, 0.3) is 10.0 Å². The second-order valence-electron chi connectivity index (χ2n) is 4.83. The van der Waals surface area contributed by atoms with Crippen molar-refractivity contribution in [2.24, 2.45) is 0 Å². The minimum Gasteiger partial charge on any atom is -0.311 e. The molecule has 0 saturated heterocycles. The number of hydrogen-bond acceptors (Lipinski definition) is 5. The van der Waals surface area contributed by atoms with Gasteiger partial charge in [-0.25, -0.2) is 17.8 Å². The van der Waals surface area contributed by atoms with E-state index in [1.807, 2.05) is 0 Å². The van der Waals surface area contributed by atoms with E-state index in [0.29, 0.717) is 17.2 Å². The Bertz CT molecular complexity index is 763. The number of anilines is 1. The molecule has 0 bridgehead atoms. The van der Waals surface area contributed by atoms with Crippen LogP contribution in [0.15, 0.2) is 23.1 Å². The summed E-state index contributed by atoms with van der Waals surface area (Å²) in [4.78, 5) is 5.23. The van der Waals surface area contributed by atoms with Gasteiger partial charge < -0.3 is 5.32 Å². The van der Waals surface area contributed by atoms with Gasteiger partial charge in [0.1, 0.15) is 5.82 Å². The fraction of sp³-hybridized carbons (Fsp3) is 0.308. The number of rotatable bonds is 3. The van der Waals surface area contributed by atoms with E-state index in [2.05, 4.69) is 15.0 Å². The summed E-state index contributed by atoms with van der Waals surface area (Å²) in [6.07, 6.45) is 0.784. The van der Waals surface area contributed by atoms with E-state index in [1.54, 1.807) is 6.92 Å². The van der Waals surface area contributed by atoms with Crippen LogP contribution in [0.5, 0.6) is 0 Å². The van der Waals surface area contributed by atoms with Crippen molar-refractivity contribution in [1.82, 2.24) is 10.3 Å². The summed E-state index contributed by atoms with van der Waals surface area (Å²) in [6, 6.07) is 3.85. The normalized spacial score (nSPS) is 14.8. The first-order valence-corrected chi connectivity index (χ1v) is 8.74. The quantitative estimate of drug-likeness (QED) is 0.905. The summed E-state index contributed by atoms with van der Waals surface area (Å²) in [5.74, 6) is -0.541. The van der Waals surface area contributed by atoms with Crippen molar-refractivity contribution in [3.63, 3.8) is 0 Å². The van der Waals surface area contributed by atoms with Crippen LogP contribution >= 0.6 is 11.3 Å². The zero-order valence-corrected chi connectivity index (χ0v) is 12.9. The van der Waals surface area contributed by atoms with E-state index in [1.165, 1.54) is 23.5 Å². The van der Waals surface area contributed by atoms with Crippen molar-refractivity contribution in [2.75, 3.05) is 11.3 Å². The molecule has 0 aliphatic carbocycles. The van der Waals surface area contributed by atoms with Crippen LogP contribution < -0.4 is 10.0 Å². The zero-order valence-electron chi connectivity index (χ0n) is 11.3. The molecule has 0 radical (unpaired) electrons. The molecule has 3 rings (SSSR count). The number of thiazole rings is 1. The van der Waals surface area contributed by atoms with Gasteiger partial charge in [-0.1, -0.05) is 17.4 Å². The van der Waals surface area contributed by atoms with Crippen LogP contribution in [0.25, 0.3) is 0 Å². The van der Waals surface area contributed by atoms with Crippen molar-refractivity contribution in [3.8, 4) is 0 Å². The topological polar surface area (TPSA) is 71.1 Å². The Labute approximate surface area is 126 Å². The summed E-state index contributed by atoms with van der Waals surface area (Å²) < 4.78 is 40.4. The second kappa shape index (κ2) is 5.36. The van der Waals surface area contributed by atoms with E-state index in [4.69, 9.17) is 0 Å².